The van der Waals surface area contributed by atoms with Crippen LogP contribution in [0.1, 0.15) is 18.9 Å². The van der Waals surface area contributed by atoms with E-state index in [0.29, 0.717) is 12.1 Å². The summed E-state index contributed by atoms with van der Waals surface area (Å²) in [5.41, 5.74) is 0.562. The highest BCUT2D eigenvalue weighted by Gasteiger charge is 2.15. The van der Waals surface area contributed by atoms with Crippen molar-refractivity contribution in [2.45, 2.75) is 32.5 Å². The van der Waals surface area contributed by atoms with Gasteiger partial charge < -0.3 is 19.9 Å². The number of para-hydroxylation sites is 1. The Morgan fingerprint density at radius 2 is 2.11 bits per heavy atom. The number of benzene rings is 1. The maximum atomic E-state index is 12.4. The summed E-state index contributed by atoms with van der Waals surface area (Å²) in [6.07, 6.45) is 0.742. The highest BCUT2D eigenvalue weighted by atomic mass is 19.3. The minimum Gasteiger partial charge on any atom is -0.493 e. The van der Waals surface area contributed by atoms with Crippen LogP contribution in [0.25, 0.3) is 0 Å². The molecule has 1 rings (SSSR count). The Kier molecular flexibility index (Phi) is 6.52. The lowest BCUT2D eigenvalue weighted by molar-refractivity contribution is -0.0519. The second-order valence-corrected chi connectivity index (χ2v) is 4.00. The average Bonchev–Trinajstić information content (AvgIpc) is 2.40. The van der Waals surface area contributed by atoms with Crippen molar-refractivity contribution in [1.29, 1.82) is 0 Å². The zero-order chi connectivity index (χ0) is 14.3. The molecule has 0 aromatic heterocycles. The minimum absolute atomic E-state index is 0.00843. The van der Waals surface area contributed by atoms with E-state index in [9.17, 15) is 8.78 Å². The van der Waals surface area contributed by atoms with Gasteiger partial charge in [0.2, 0.25) is 0 Å². The Hall–Kier alpha value is -1.40. The van der Waals surface area contributed by atoms with Crippen molar-refractivity contribution in [1.82, 2.24) is 5.32 Å². The maximum absolute atomic E-state index is 12.4. The Morgan fingerprint density at radius 3 is 2.63 bits per heavy atom. The van der Waals surface area contributed by atoms with Crippen molar-refractivity contribution in [3.63, 3.8) is 0 Å². The molecule has 0 aliphatic rings. The molecule has 0 saturated carbocycles. The molecule has 19 heavy (non-hydrogen) atoms. The molecule has 0 aliphatic heterocycles. The molecule has 0 spiro atoms. The quantitative estimate of drug-likeness (QED) is 0.763. The summed E-state index contributed by atoms with van der Waals surface area (Å²) in [7, 11) is 1.40. The second kappa shape index (κ2) is 7.91. The number of alkyl halides is 2. The van der Waals surface area contributed by atoms with Gasteiger partial charge in [-0.15, -0.1) is 0 Å². The van der Waals surface area contributed by atoms with Gasteiger partial charge in [-0.25, -0.2) is 0 Å². The van der Waals surface area contributed by atoms with Gasteiger partial charge in [-0.05, 0) is 12.5 Å². The average molecular weight is 275 g/mol. The predicted molar refractivity (Wildman–Crippen MR) is 67.6 cm³/mol. The molecule has 6 heteroatoms. The first-order valence-corrected chi connectivity index (χ1v) is 6.07. The van der Waals surface area contributed by atoms with Crippen LogP contribution in [0.5, 0.6) is 11.5 Å². The number of aliphatic hydroxyl groups excluding tert-OH is 1. The van der Waals surface area contributed by atoms with Gasteiger partial charge >= 0.3 is 6.61 Å². The molecule has 1 aromatic rings. The summed E-state index contributed by atoms with van der Waals surface area (Å²) in [6.45, 7) is -0.672. The number of methoxy groups -OCH3 is 1. The van der Waals surface area contributed by atoms with E-state index in [1.807, 2.05) is 6.92 Å². The topological polar surface area (TPSA) is 50.7 Å². The van der Waals surface area contributed by atoms with Gasteiger partial charge in [-0.3, -0.25) is 0 Å². The lowest BCUT2D eigenvalue weighted by atomic mass is 10.1. The first-order chi connectivity index (χ1) is 9.12. The standard InChI is InChI=1S/C13H19F2NO3/c1-3-10(8-17)16-7-9-5-4-6-11(18-2)12(9)19-13(14)15/h4-6,10,13,16-17H,3,7-8H2,1-2H3/t10-/m1/s1. The number of hydrogen-bond acceptors (Lipinski definition) is 4. The van der Waals surface area contributed by atoms with E-state index in [0.717, 1.165) is 6.42 Å². The molecule has 2 N–H and O–H groups in total. The van der Waals surface area contributed by atoms with Gasteiger partial charge in [0.05, 0.1) is 13.7 Å². The lowest BCUT2D eigenvalue weighted by Crippen LogP contribution is -2.31. The van der Waals surface area contributed by atoms with Gasteiger partial charge in [0.1, 0.15) is 0 Å². The molecule has 1 atom stereocenters. The molecule has 0 aliphatic carbocycles. The van der Waals surface area contributed by atoms with Crippen LogP contribution in [0, 0.1) is 0 Å². The van der Waals surface area contributed by atoms with Crippen molar-refractivity contribution >= 4 is 0 Å². The van der Waals surface area contributed by atoms with Crippen LogP contribution in [0.3, 0.4) is 0 Å². The normalized spacial score (nSPS) is 12.5. The molecular weight excluding hydrogens is 256 g/mol. The fourth-order valence-corrected chi connectivity index (χ4v) is 1.68. The Morgan fingerprint density at radius 1 is 1.37 bits per heavy atom. The number of halogens is 2. The zero-order valence-electron chi connectivity index (χ0n) is 11.0. The van der Waals surface area contributed by atoms with Gasteiger partial charge in [0.15, 0.2) is 11.5 Å². The van der Waals surface area contributed by atoms with E-state index in [4.69, 9.17) is 9.84 Å². The number of rotatable bonds is 8. The van der Waals surface area contributed by atoms with Crippen LogP contribution in [0.15, 0.2) is 18.2 Å². The van der Waals surface area contributed by atoms with E-state index in [1.165, 1.54) is 7.11 Å². The molecule has 0 bridgehead atoms. The Bertz CT molecular complexity index is 384. The van der Waals surface area contributed by atoms with E-state index >= 15 is 0 Å². The van der Waals surface area contributed by atoms with Crippen LogP contribution >= 0.6 is 0 Å². The van der Waals surface area contributed by atoms with Crippen LogP contribution in [0.2, 0.25) is 0 Å². The lowest BCUT2D eigenvalue weighted by Gasteiger charge is -2.17. The molecule has 0 amide bonds. The molecule has 0 heterocycles. The Labute approximate surface area is 111 Å². The molecule has 0 fully saturated rings. The smallest absolute Gasteiger partial charge is 0.387 e. The molecule has 108 valence electrons. The van der Waals surface area contributed by atoms with Gasteiger partial charge in [-0.1, -0.05) is 19.1 Å². The van der Waals surface area contributed by atoms with E-state index in [-0.39, 0.29) is 24.1 Å². The third-order valence-corrected chi connectivity index (χ3v) is 2.78. The van der Waals surface area contributed by atoms with Gasteiger partial charge in [0.25, 0.3) is 0 Å². The fourth-order valence-electron chi connectivity index (χ4n) is 1.68. The summed E-state index contributed by atoms with van der Waals surface area (Å²) < 4.78 is 34.3. The second-order valence-electron chi connectivity index (χ2n) is 4.00. The van der Waals surface area contributed by atoms with Crippen molar-refractivity contribution in [3.8, 4) is 11.5 Å². The minimum atomic E-state index is -2.91. The summed E-state index contributed by atoms with van der Waals surface area (Å²) in [5.74, 6) is 0.289. The number of hydrogen-bond donors (Lipinski definition) is 2. The highest BCUT2D eigenvalue weighted by Crippen LogP contribution is 2.32. The highest BCUT2D eigenvalue weighted by molar-refractivity contribution is 5.46. The van der Waals surface area contributed by atoms with Crippen molar-refractivity contribution in [2.24, 2.45) is 0 Å². The first-order valence-electron chi connectivity index (χ1n) is 6.07. The fraction of sp³-hybridized carbons (Fsp3) is 0.538. The number of nitrogens with one attached hydrogen (secondary N) is 1. The summed E-state index contributed by atoms with van der Waals surface area (Å²) in [4.78, 5) is 0. The SMILES string of the molecule is CC[C@H](CO)NCc1cccc(OC)c1OC(F)F. The van der Waals surface area contributed by atoms with Crippen LogP contribution < -0.4 is 14.8 Å². The van der Waals surface area contributed by atoms with Crippen LogP contribution in [-0.2, 0) is 6.54 Å². The first kappa shape index (κ1) is 15.7. The summed E-state index contributed by atoms with van der Waals surface area (Å²) in [6, 6.07) is 4.86. The largest absolute Gasteiger partial charge is 0.493 e. The molecule has 0 radical (unpaired) electrons. The third kappa shape index (κ3) is 4.65. The van der Waals surface area contributed by atoms with Crippen LogP contribution in [-0.4, -0.2) is 31.5 Å². The van der Waals surface area contributed by atoms with Gasteiger partial charge in [-0.2, -0.15) is 8.78 Å². The molecule has 0 unspecified atom stereocenters. The third-order valence-electron chi connectivity index (χ3n) is 2.78. The van der Waals surface area contributed by atoms with E-state index in [1.54, 1.807) is 18.2 Å². The van der Waals surface area contributed by atoms with E-state index < -0.39 is 6.61 Å². The van der Waals surface area contributed by atoms with Crippen molar-refractivity contribution in [3.05, 3.63) is 23.8 Å². The molecule has 4 nitrogen and oxygen atoms in total. The Balaban J connectivity index is 2.86. The predicted octanol–water partition coefficient (Wildman–Crippen LogP) is 2.16. The summed E-state index contributed by atoms with van der Waals surface area (Å²) >= 11 is 0. The zero-order valence-corrected chi connectivity index (χ0v) is 11.0. The molecule has 1 aromatic carbocycles. The van der Waals surface area contributed by atoms with Gasteiger partial charge in [0, 0.05) is 18.2 Å². The molecule has 0 saturated heterocycles. The van der Waals surface area contributed by atoms with Crippen LogP contribution in [0.4, 0.5) is 8.78 Å². The monoisotopic (exact) mass is 275 g/mol. The maximum Gasteiger partial charge on any atom is 0.387 e. The number of aliphatic hydroxyl groups is 1. The number of ether oxygens (including phenoxy) is 2. The summed E-state index contributed by atoms with van der Waals surface area (Å²) in [5, 5.41) is 12.2. The van der Waals surface area contributed by atoms with Crippen molar-refractivity contribution < 1.29 is 23.4 Å². The van der Waals surface area contributed by atoms with E-state index in [2.05, 4.69) is 10.1 Å². The van der Waals surface area contributed by atoms with Crippen molar-refractivity contribution in [2.75, 3.05) is 13.7 Å². The molecular formula is C13H19F2NO3.